The molecule has 2 saturated heterocycles. The Morgan fingerprint density at radius 3 is 2.45 bits per heavy atom. The fourth-order valence-corrected chi connectivity index (χ4v) is 6.24. The second kappa shape index (κ2) is 9.57. The molecule has 0 saturated carbocycles. The van der Waals surface area contributed by atoms with Gasteiger partial charge in [0.15, 0.2) is 5.76 Å². The highest BCUT2D eigenvalue weighted by Crippen LogP contribution is 2.30. The van der Waals surface area contributed by atoms with Crippen LogP contribution in [0.2, 0.25) is 0 Å². The number of carbonyl (C=O) groups excluding carboxylic acids is 1. The van der Waals surface area contributed by atoms with Crippen molar-refractivity contribution in [1.82, 2.24) is 19.7 Å². The third-order valence-corrected chi connectivity index (χ3v) is 8.48. The van der Waals surface area contributed by atoms with E-state index in [4.69, 9.17) is 4.52 Å². The minimum absolute atomic E-state index is 0.0819. The van der Waals surface area contributed by atoms with Crippen LogP contribution in [0.5, 0.6) is 0 Å². The molecule has 1 N–H and O–H groups in total. The molecular formula is C20H34N4O4S. The number of carbonyl (C=O) groups is 1. The van der Waals surface area contributed by atoms with Gasteiger partial charge < -0.3 is 14.7 Å². The Balaban J connectivity index is 1.45. The summed E-state index contributed by atoms with van der Waals surface area (Å²) in [5.74, 6) is 0.500. The Morgan fingerprint density at radius 2 is 1.86 bits per heavy atom. The quantitative estimate of drug-likeness (QED) is 0.638. The number of likely N-dealkylation sites (tertiary alicyclic amines) is 1. The zero-order valence-corrected chi connectivity index (χ0v) is 18.6. The highest BCUT2D eigenvalue weighted by atomic mass is 32.2. The zero-order valence-electron chi connectivity index (χ0n) is 17.8. The van der Waals surface area contributed by atoms with Gasteiger partial charge in [0.1, 0.15) is 10.6 Å². The van der Waals surface area contributed by atoms with Gasteiger partial charge in [-0.05, 0) is 71.5 Å². The van der Waals surface area contributed by atoms with E-state index in [1.807, 2.05) is 6.92 Å². The summed E-state index contributed by atoms with van der Waals surface area (Å²) in [6.07, 6.45) is 4.92. The number of nitrogens with zero attached hydrogens (tertiary/aromatic N) is 3. The molecule has 164 valence electrons. The van der Waals surface area contributed by atoms with Crippen LogP contribution >= 0.6 is 0 Å². The van der Waals surface area contributed by atoms with Crippen molar-refractivity contribution in [1.29, 1.82) is 0 Å². The first-order valence-corrected chi connectivity index (χ1v) is 12.2. The molecule has 1 aromatic rings. The first-order chi connectivity index (χ1) is 13.8. The van der Waals surface area contributed by atoms with E-state index in [2.05, 4.69) is 15.4 Å². The second-order valence-corrected chi connectivity index (χ2v) is 10.3. The fraction of sp³-hybridized carbons (Fsp3) is 0.800. The molecule has 2 aliphatic rings. The van der Waals surface area contributed by atoms with Crippen LogP contribution in [-0.4, -0.2) is 68.0 Å². The van der Waals surface area contributed by atoms with Crippen molar-refractivity contribution in [3.63, 3.8) is 0 Å². The molecular weight excluding hydrogens is 392 g/mol. The van der Waals surface area contributed by atoms with E-state index in [0.717, 1.165) is 13.0 Å². The van der Waals surface area contributed by atoms with Crippen molar-refractivity contribution in [3.05, 3.63) is 11.5 Å². The van der Waals surface area contributed by atoms with Gasteiger partial charge in [0.2, 0.25) is 15.9 Å². The molecule has 0 bridgehead atoms. The highest BCUT2D eigenvalue weighted by molar-refractivity contribution is 7.89. The van der Waals surface area contributed by atoms with Gasteiger partial charge in [-0.2, -0.15) is 4.31 Å². The second-order valence-electron chi connectivity index (χ2n) is 8.38. The number of hydrogen-bond acceptors (Lipinski definition) is 6. The van der Waals surface area contributed by atoms with E-state index in [9.17, 15) is 13.2 Å². The maximum absolute atomic E-state index is 12.9. The molecule has 3 rings (SSSR count). The molecule has 2 fully saturated rings. The van der Waals surface area contributed by atoms with Crippen molar-refractivity contribution in [2.75, 3.05) is 39.3 Å². The summed E-state index contributed by atoms with van der Waals surface area (Å²) in [6, 6.07) is 0. The van der Waals surface area contributed by atoms with Crippen LogP contribution < -0.4 is 5.32 Å². The Morgan fingerprint density at radius 1 is 1.21 bits per heavy atom. The molecule has 3 heterocycles. The minimum Gasteiger partial charge on any atom is -0.360 e. The van der Waals surface area contributed by atoms with E-state index < -0.39 is 10.0 Å². The van der Waals surface area contributed by atoms with Crippen molar-refractivity contribution >= 4 is 15.9 Å². The monoisotopic (exact) mass is 426 g/mol. The molecule has 1 atom stereocenters. The molecule has 0 aromatic carbocycles. The summed E-state index contributed by atoms with van der Waals surface area (Å²) in [4.78, 5) is 15.1. The van der Waals surface area contributed by atoms with Gasteiger partial charge in [0.05, 0.1) is 0 Å². The summed E-state index contributed by atoms with van der Waals surface area (Å²) in [6.45, 7) is 10.2. The highest BCUT2D eigenvalue weighted by Gasteiger charge is 2.36. The van der Waals surface area contributed by atoms with Crippen LogP contribution in [0, 0.1) is 25.7 Å². The lowest BCUT2D eigenvalue weighted by molar-refractivity contribution is -0.126. The fourth-order valence-electron chi connectivity index (χ4n) is 4.48. The lowest BCUT2D eigenvalue weighted by Crippen LogP contribution is -2.43. The van der Waals surface area contributed by atoms with E-state index in [0.29, 0.717) is 43.9 Å². The lowest BCUT2D eigenvalue weighted by atomic mass is 9.85. The number of rotatable bonds is 8. The van der Waals surface area contributed by atoms with Crippen LogP contribution in [-0.2, 0) is 14.8 Å². The van der Waals surface area contributed by atoms with Crippen molar-refractivity contribution in [2.24, 2.45) is 11.8 Å². The number of nitrogens with one attached hydrogen (secondary N) is 1. The SMILES string of the molecule is Cc1noc(C)c1S(=O)(=O)N1CCC([C@H](C)C(=O)NCCCN2CCCC2)CC1. The average Bonchev–Trinajstić information content (AvgIpc) is 3.34. The van der Waals surface area contributed by atoms with Gasteiger partial charge in [-0.3, -0.25) is 4.79 Å². The van der Waals surface area contributed by atoms with Gasteiger partial charge in [0, 0.05) is 25.6 Å². The molecule has 1 aromatic heterocycles. The van der Waals surface area contributed by atoms with E-state index in [1.54, 1.807) is 13.8 Å². The van der Waals surface area contributed by atoms with Crippen LogP contribution in [0.25, 0.3) is 0 Å². The molecule has 29 heavy (non-hydrogen) atoms. The number of sulfonamides is 1. The molecule has 0 radical (unpaired) electrons. The lowest BCUT2D eigenvalue weighted by Gasteiger charge is -2.33. The first kappa shape index (κ1) is 22.2. The van der Waals surface area contributed by atoms with E-state index in [1.165, 1.54) is 30.2 Å². The maximum Gasteiger partial charge on any atom is 0.248 e. The molecule has 0 spiro atoms. The summed E-state index contributed by atoms with van der Waals surface area (Å²) < 4.78 is 32.4. The smallest absolute Gasteiger partial charge is 0.248 e. The number of piperidine rings is 1. The number of hydrogen-bond donors (Lipinski definition) is 1. The summed E-state index contributed by atoms with van der Waals surface area (Å²) in [5, 5.41) is 6.83. The predicted molar refractivity (Wildman–Crippen MR) is 110 cm³/mol. The largest absolute Gasteiger partial charge is 0.360 e. The minimum atomic E-state index is -3.60. The third-order valence-electron chi connectivity index (χ3n) is 6.33. The molecule has 0 unspecified atom stereocenters. The van der Waals surface area contributed by atoms with Gasteiger partial charge in [-0.25, -0.2) is 8.42 Å². The Kier molecular flexibility index (Phi) is 7.34. The van der Waals surface area contributed by atoms with Gasteiger partial charge in [-0.15, -0.1) is 0 Å². The topological polar surface area (TPSA) is 95.8 Å². The molecule has 1 amide bonds. The van der Waals surface area contributed by atoms with Crippen LogP contribution in [0.4, 0.5) is 0 Å². The number of amides is 1. The normalized spacial score (nSPS) is 20.8. The van der Waals surface area contributed by atoms with Crippen molar-refractivity contribution in [3.8, 4) is 0 Å². The molecule has 0 aliphatic carbocycles. The van der Waals surface area contributed by atoms with E-state index >= 15 is 0 Å². The standard InChI is InChI=1S/C20H34N4O4S/c1-15(20(25)21-9-6-12-23-10-4-5-11-23)18-7-13-24(14-8-18)29(26,27)19-16(2)22-28-17(19)3/h15,18H,4-14H2,1-3H3,(H,21,25)/t15-/m0/s1. The number of aryl methyl sites for hydroxylation is 2. The first-order valence-electron chi connectivity index (χ1n) is 10.7. The molecule has 2 aliphatic heterocycles. The summed E-state index contributed by atoms with van der Waals surface area (Å²) >= 11 is 0. The van der Waals surface area contributed by atoms with Crippen LogP contribution in [0.15, 0.2) is 9.42 Å². The Bertz CT molecular complexity index is 774. The zero-order chi connectivity index (χ0) is 21.0. The Labute approximate surface area is 174 Å². The predicted octanol–water partition coefficient (Wildman–Crippen LogP) is 1.93. The van der Waals surface area contributed by atoms with Gasteiger partial charge in [0.25, 0.3) is 0 Å². The van der Waals surface area contributed by atoms with E-state index in [-0.39, 0.29) is 22.6 Å². The third kappa shape index (κ3) is 5.19. The van der Waals surface area contributed by atoms with Crippen LogP contribution in [0.3, 0.4) is 0 Å². The maximum atomic E-state index is 12.9. The molecule has 9 heteroatoms. The summed E-state index contributed by atoms with van der Waals surface area (Å²) in [5.41, 5.74) is 0.395. The molecule has 8 nitrogen and oxygen atoms in total. The van der Waals surface area contributed by atoms with Gasteiger partial charge >= 0.3 is 0 Å². The van der Waals surface area contributed by atoms with Crippen LogP contribution in [0.1, 0.15) is 50.5 Å². The van der Waals surface area contributed by atoms with Gasteiger partial charge in [-0.1, -0.05) is 12.1 Å². The Hall–Kier alpha value is -1.45. The number of aromatic nitrogens is 1. The average molecular weight is 427 g/mol. The van der Waals surface area contributed by atoms with Crippen molar-refractivity contribution in [2.45, 2.75) is 57.8 Å². The summed E-state index contributed by atoms with van der Waals surface area (Å²) in [7, 11) is -3.60. The van der Waals surface area contributed by atoms with Crippen molar-refractivity contribution < 1.29 is 17.7 Å².